The quantitative estimate of drug-likeness (QED) is 0.792. The second kappa shape index (κ2) is 6.43. The molecule has 0 unspecified atom stereocenters. The zero-order valence-electron chi connectivity index (χ0n) is 10.3. The molecule has 0 saturated carbocycles. The molecular weight excluding hydrogens is 377 g/mol. The molecular formula is C13H12Br2FN3. The Labute approximate surface area is 127 Å². The molecule has 0 spiro atoms. The lowest BCUT2D eigenvalue weighted by Gasteiger charge is -2.08. The first-order valence-corrected chi connectivity index (χ1v) is 7.38. The Hall–Kier alpha value is -1.01. The zero-order chi connectivity index (χ0) is 13.8. The molecule has 0 fully saturated rings. The van der Waals surface area contributed by atoms with Crippen LogP contribution in [-0.4, -0.2) is 9.97 Å². The molecule has 0 aliphatic rings. The van der Waals surface area contributed by atoms with Crippen molar-refractivity contribution in [2.24, 2.45) is 0 Å². The highest BCUT2D eigenvalue weighted by atomic mass is 79.9. The highest BCUT2D eigenvalue weighted by Gasteiger charge is 2.05. The van der Waals surface area contributed by atoms with Crippen LogP contribution in [0, 0.1) is 5.82 Å². The smallest absolute Gasteiger partial charge is 0.131 e. The second-order valence-corrected chi connectivity index (χ2v) is 5.66. The lowest BCUT2D eigenvalue weighted by Crippen LogP contribution is -2.05. The number of aryl methyl sites for hydroxylation is 1. The second-order valence-electron chi connectivity index (χ2n) is 3.93. The van der Waals surface area contributed by atoms with Gasteiger partial charge in [-0.3, -0.25) is 0 Å². The molecule has 1 heterocycles. The minimum atomic E-state index is -0.237. The summed E-state index contributed by atoms with van der Waals surface area (Å²) >= 11 is 6.66. The van der Waals surface area contributed by atoms with Gasteiger partial charge in [0.25, 0.3) is 0 Å². The van der Waals surface area contributed by atoms with E-state index in [2.05, 4.69) is 47.1 Å². The summed E-state index contributed by atoms with van der Waals surface area (Å²) in [4.78, 5) is 8.56. The minimum Gasteiger partial charge on any atom is -0.366 e. The van der Waals surface area contributed by atoms with Crippen molar-refractivity contribution < 1.29 is 4.39 Å². The SMILES string of the molecule is CCc1nc(Br)cc(NCc2cc(Br)ccc2F)n1. The van der Waals surface area contributed by atoms with Gasteiger partial charge in [-0.1, -0.05) is 22.9 Å². The van der Waals surface area contributed by atoms with Gasteiger partial charge in [-0.15, -0.1) is 0 Å². The fourth-order valence-electron chi connectivity index (χ4n) is 1.58. The van der Waals surface area contributed by atoms with Gasteiger partial charge in [-0.2, -0.15) is 0 Å². The Morgan fingerprint density at radius 2 is 2.00 bits per heavy atom. The number of aromatic nitrogens is 2. The maximum absolute atomic E-state index is 13.6. The third-order valence-electron chi connectivity index (χ3n) is 2.53. The van der Waals surface area contributed by atoms with Crippen LogP contribution in [-0.2, 0) is 13.0 Å². The molecule has 1 aromatic heterocycles. The van der Waals surface area contributed by atoms with E-state index in [0.717, 1.165) is 21.3 Å². The first-order chi connectivity index (χ1) is 9.08. The fraction of sp³-hybridized carbons (Fsp3) is 0.231. The van der Waals surface area contributed by atoms with Crippen molar-refractivity contribution in [3.8, 4) is 0 Å². The summed E-state index contributed by atoms with van der Waals surface area (Å²) in [6.07, 6.45) is 0.749. The van der Waals surface area contributed by atoms with Gasteiger partial charge >= 0.3 is 0 Å². The number of nitrogens with one attached hydrogen (secondary N) is 1. The van der Waals surface area contributed by atoms with Crippen LogP contribution in [0.5, 0.6) is 0 Å². The van der Waals surface area contributed by atoms with Crippen molar-refractivity contribution in [3.63, 3.8) is 0 Å². The molecule has 2 aromatic rings. The fourth-order valence-corrected chi connectivity index (χ4v) is 2.41. The van der Waals surface area contributed by atoms with Crippen molar-refractivity contribution >= 4 is 37.7 Å². The predicted molar refractivity (Wildman–Crippen MR) is 80.5 cm³/mol. The molecule has 0 aliphatic carbocycles. The summed E-state index contributed by atoms with van der Waals surface area (Å²) in [7, 11) is 0. The van der Waals surface area contributed by atoms with Gasteiger partial charge in [0.1, 0.15) is 22.1 Å². The van der Waals surface area contributed by atoms with Crippen LogP contribution in [0.15, 0.2) is 33.3 Å². The molecule has 0 atom stereocenters. The van der Waals surface area contributed by atoms with Gasteiger partial charge < -0.3 is 5.32 Å². The third kappa shape index (κ3) is 3.98. The lowest BCUT2D eigenvalue weighted by atomic mass is 10.2. The van der Waals surface area contributed by atoms with Gasteiger partial charge in [-0.25, -0.2) is 14.4 Å². The van der Waals surface area contributed by atoms with Gasteiger partial charge in [-0.05, 0) is 34.1 Å². The van der Waals surface area contributed by atoms with E-state index < -0.39 is 0 Å². The Morgan fingerprint density at radius 3 is 2.74 bits per heavy atom. The average molecular weight is 389 g/mol. The van der Waals surface area contributed by atoms with Crippen LogP contribution in [0.1, 0.15) is 18.3 Å². The van der Waals surface area contributed by atoms with Gasteiger partial charge in [0.05, 0.1) is 0 Å². The van der Waals surface area contributed by atoms with Crippen molar-refractivity contribution in [1.29, 1.82) is 0 Å². The van der Waals surface area contributed by atoms with Crippen molar-refractivity contribution in [3.05, 3.63) is 50.5 Å². The predicted octanol–water partition coefficient (Wildman–Crippen LogP) is 4.32. The van der Waals surface area contributed by atoms with Crippen molar-refractivity contribution in [2.45, 2.75) is 19.9 Å². The number of hydrogen-bond acceptors (Lipinski definition) is 3. The molecule has 1 N–H and O–H groups in total. The monoisotopic (exact) mass is 387 g/mol. The summed E-state index contributed by atoms with van der Waals surface area (Å²) < 4.78 is 15.2. The first-order valence-electron chi connectivity index (χ1n) is 5.79. The molecule has 19 heavy (non-hydrogen) atoms. The van der Waals surface area contributed by atoms with Crippen LogP contribution in [0.25, 0.3) is 0 Å². The molecule has 0 amide bonds. The summed E-state index contributed by atoms with van der Waals surface area (Å²) in [5.74, 6) is 1.18. The van der Waals surface area contributed by atoms with Crippen LogP contribution in [0.2, 0.25) is 0 Å². The molecule has 2 rings (SSSR count). The highest BCUT2D eigenvalue weighted by Crippen LogP contribution is 2.18. The van der Waals surface area contributed by atoms with E-state index in [9.17, 15) is 4.39 Å². The summed E-state index contributed by atoms with van der Waals surface area (Å²) in [6, 6.07) is 6.64. The molecule has 100 valence electrons. The van der Waals surface area contributed by atoms with E-state index in [1.807, 2.05) is 6.92 Å². The Morgan fingerprint density at radius 1 is 1.21 bits per heavy atom. The number of rotatable bonds is 4. The maximum Gasteiger partial charge on any atom is 0.131 e. The van der Waals surface area contributed by atoms with Crippen molar-refractivity contribution in [2.75, 3.05) is 5.32 Å². The van der Waals surface area contributed by atoms with Crippen LogP contribution in [0.4, 0.5) is 10.2 Å². The van der Waals surface area contributed by atoms with Crippen molar-refractivity contribution in [1.82, 2.24) is 9.97 Å². The summed E-state index contributed by atoms with van der Waals surface area (Å²) in [6.45, 7) is 2.36. The molecule has 6 heteroatoms. The Balaban J connectivity index is 2.14. The minimum absolute atomic E-state index is 0.237. The van der Waals surface area contributed by atoms with Crippen LogP contribution < -0.4 is 5.32 Å². The van der Waals surface area contributed by atoms with E-state index in [0.29, 0.717) is 17.9 Å². The number of halogens is 3. The highest BCUT2D eigenvalue weighted by molar-refractivity contribution is 9.10. The van der Waals surface area contributed by atoms with E-state index in [1.165, 1.54) is 6.07 Å². The van der Waals surface area contributed by atoms with Gasteiger partial charge in [0.15, 0.2) is 0 Å². The molecule has 0 aliphatic heterocycles. The van der Waals surface area contributed by atoms with Gasteiger partial charge in [0.2, 0.25) is 0 Å². The number of anilines is 1. The summed E-state index contributed by atoms with van der Waals surface area (Å²) in [5.41, 5.74) is 0.585. The normalized spacial score (nSPS) is 10.5. The third-order valence-corrected chi connectivity index (χ3v) is 3.42. The van der Waals surface area contributed by atoms with E-state index >= 15 is 0 Å². The molecule has 0 bridgehead atoms. The number of hydrogen-bond donors (Lipinski definition) is 1. The van der Waals surface area contributed by atoms with E-state index in [1.54, 1.807) is 18.2 Å². The van der Waals surface area contributed by atoms with Gasteiger partial charge in [0, 0.05) is 29.1 Å². The number of benzene rings is 1. The van der Waals surface area contributed by atoms with E-state index in [-0.39, 0.29) is 5.82 Å². The standard InChI is InChI=1S/C13H12Br2FN3/c1-2-12-18-11(15)6-13(19-12)17-7-8-5-9(14)3-4-10(8)16/h3-6H,2,7H2,1H3,(H,17,18,19). The first kappa shape index (κ1) is 14.4. The number of nitrogens with zero attached hydrogens (tertiary/aromatic N) is 2. The van der Waals surface area contributed by atoms with Crippen LogP contribution in [0.3, 0.4) is 0 Å². The van der Waals surface area contributed by atoms with Crippen LogP contribution >= 0.6 is 31.9 Å². The Bertz CT molecular complexity index is 590. The largest absolute Gasteiger partial charge is 0.366 e. The average Bonchev–Trinajstić information content (AvgIpc) is 2.39. The lowest BCUT2D eigenvalue weighted by molar-refractivity contribution is 0.612. The molecule has 0 saturated heterocycles. The molecule has 0 radical (unpaired) electrons. The zero-order valence-corrected chi connectivity index (χ0v) is 13.4. The Kier molecular flexibility index (Phi) is 4.87. The van der Waals surface area contributed by atoms with E-state index in [4.69, 9.17) is 0 Å². The molecule has 3 nitrogen and oxygen atoms in total. The summed E-state index contributed by atoms with van der Waals surface area (Å²) in [5, 5.41) is 3.10. The topological polar surface area (TPSA) is 37.8 Å². The maximum atomic E-state index is 13.6. The molecule has 1 aromatic carbocycles.